The number of nitrogens with two attached hydrogens (primary N) is 1. The molecule has 0 radical (unpaired) electrons. The zero-order valence-electron chi connectivity index (χ0n) is 11.5. The van der Waals surface area contributed by atoms with Crippen molar-refractivity contribution in [2.24, 2.45) is 5.73 Å². The van der Waals surface area contributed by atoms with Gasteiger partial charge in [-0.3, -0.25) is 4.79 Å². The third kappa shape index (κ3) is 2.68. The molecule has 0 bridgehead atoms. The summed E-state index contributed by atoms with van der Waals surface area (Å²) in [6.07, 6.45) is 3.55. The largest absolute Gasteiger partial charge is 0.352 e. The Hall–Kier alpha value is -1.87. The second-order valence-electron chi connectivity index (χ2n) is 5.58. The zero-order chi connectivity index (χ0) is 13.9. The Balaban J connectivity index is 1.74. The molecular weight excluding hydrogens is 248 g/mol. The van der Waals surface area contributed by atoms with Gasteiger partial charge in [0.25, 0.3) is 0 Å². The molecule has 0 spiro atoms. The molecule has 104 valence electrons. The molecule has 20 heavy (non-hydrogen) atoms. The maximum atomic E-state index is 12.2. The van der Waals surface area contributed by atoms with Crippen molar-refractivity contribution in [3.05, 3.63) is 48.0 Å². The lowest BCUT2D eigenvalue weighted by molar-refractivity contribution is -0.121. The van der Waals surface area contributed by atoms with Crippen molar-refractivity contribution >= 4 is 16.7 Å². The van der Waals surface area contributed by atoms with Gasteiger partial charge >= 0.3 is 0 Å². The average Bonchev–Trinajstić information content (AvgIpc) is 2.85. The van der Waals surface area contributed by atoms with E-state index in [9.17, 15) is 4.79 Å². The maximum absolute atomic E-state index is 12.2. The molecule has 0 heterocycles. The molecule has 3 rings (SSSR count). The molecule has 0 saturated heterocycles. The number of carbonyl (C=O) groups excluding carboxylic acids is 1. The van der Waals surface area contributed by atoms with Gasteiger partial charge < -0.3 is 11.1 Å². The van der Waals surface area contributed by atoms with Crippen LogP contribution in [0.15, 0.2) is 42.5 Å². The van der Waals surface area contributed by atoms with E-state index in [0.717, 1.165) is 30.2 Å². The van der Waals surface area contributed by atoms with Gasteiger partial charge in [-0.2, -0.15) is 0 Å². The Kier molecular flexibility index (Phi) is 3.70. The molecule has 3 nitrogen and oxygen atoms in total. The van der Waals surface area contributed by atoms with Crippen molar-refractivity contribution in [2.75, 3.05) is 0 Å². The molecule has 2 atom stereocenters. The van der Waals surface area contributed by atoms with E-state index < -0.39 is 0 Å². The minimum Gasteiger partial charge on any atom is -0.352 e. The Bertz CT molecular complexity index is 618. The van der Waals surface area contributed by atoms with Crippen LogP contribution >= 0.6 is 0 Å². The van der Waals surface area contributed by atoms with Crippen LogP contribution in [0.3, 0.4) is 0 Å². The highest BCUT2D eigenvalue weighted by Crippen LogP contribution is 2.20. The van der Waals surface area contributed by atoms with Crippen LogP contribution < -0.4 is 11.1 Å². The monoisotopic (exact) mass is 268 g/mol. The molecule has 1 fully saturated rings. The van der Waals surface area contributed by atoms with Gasteiger partial charge in [-0.25, -0.2) is 0 Å². The van der Waals surface area contributed by atoms with Crippen molar-refractivity contribution in [2.45, 2.75) is 37.8 Å². The van der Waals surface area contributed by atoms with Gasteiger partial charge in [-0.15, -0.1) is 0 Å². The molecule has 3 N–H and O–H groups in total. The van der Waals surface area contributed by atoms with E-state index in [2.05, 4.69) is 23.5 Å². The zero-order valence-corrected chi connectivity index (χ0v) is 11.5. The van der Waals surface area contributed by atoms with E-state index in [1.807, 2.05) is 24.3 Å². The average molecular weight is 268 g/mol. The molecular formula is C17H20N2O. The Morgan fingerprint density at radius 3 is 2.75 bits per heavy atom. The number of fused-ring (bicyclic) bond motifs is 1. The fourth-order valence-corrected chi connectivity index (χ4v) is 3.05. The molecule has 2 aromatic carbocycles. The van der Waals surface area contributed by atoms with Gasteiger partial charge in [0.05, 0.1) is 6.42 Å². The predicted octanol–water partition coefficient (Wildman–Crippen LogP) is 2.38. The molecule has 2 unspecified atom stereocenters. The number of carbonyl (C=O) groups is 1. The quantitative estimate of drug-likeness (QED) is 0.898. The first kappa shape index (κ1) is 13.1. The standard InChI is InChI=1S/C17H20N2O/c18-15-9-4-10-16(15)19-17(20)11-13-7-3-6-12-5-1-2-8-14(12)13/h1-3,5-8,15-16H,4,9-11,18H2,(H,19,20). The van der Waals surface area contributed by atoms with Crippen molar-refractivity contribution in [1.82, 2.24) is 5.32 Å². The normalized spacial score (nSPS) is 22.1. The van der Waals surface area contributed by atoms with E-state index >= 15 is 0 Å². The van der Waals surface area contributed by atoms with Crippen molar-refractivity contribution in [3.63, 3.8) is 0 Å². The highest BCUT2D eigenvalue weighted by molar-refractivity contribution is 5.90. The first-order valence-corrected chi connectivity index (χ1v) is 7.25. The Morgan fingerprint density at radius 1 is 1.15 bits per heavy atom. The summed E-state index contributed by atoms with van der Waals surface area (Å²) in [6.45, 7) is 0. The molecule has 1 saturated carbocycles. The van der Waals surface area contributed by atoms with Crippen LogP contribution in [0.2, 0.25) is 0 Å². The number of hydrogen-bond acceptors (Lipinski definition) is 2. The van der Waals surface area contributed by atoms with E-state index in [1.54, 1.807) is 0 Å². The summed E-state index contributed by atoms with van der Waals surface area (Å²) < 4.78 is 0. The number of hydrogen-bond donors (Lipinski definition) is 2. The van der Waals surface area contributed by atoms with E-state index in [4.69, 9.17) is 5.73 Å². The van der Waals surface area contributed by atoms with Crippen LogP contribution in [0.4, 0.5) is 0 Å². The second-order valence-corrected chi connectivity index (χ2v) is 5.58. The van der Waals surface area contributed by atoms with Gasteiger partial charge in [0.15, 0.2) is 0 Å². The van der Waals surface area contributed by atoms with Gasteiger partial charge in [-0.05, 0) is 35.6 Å². The number of rotatable bonds is 3. The lowest BCUT2D eigenvalue weighted by Gasteiger charge is -2.17. The first-order chi connectivity index (χ1) is 9.74. The van der Waals surface area contributed by atoms with Crippen molar-refractivity contribution in [3.8, 4) is 0 Å². The molecule has 1 aliphatic carbocycles. The topological polar surface area (TPSA) is 55.1 Å². The summed E-state index contributed by atoms with van der Waals surface area (Å²) in [7, 11) is 0. The first-order valence-electron chi connectivity index (χ1n) is 7.25. The van der Waals surface area contributed by atoms with E-state index in [1.165, 1.54) is 5.39 Å². The van der Waals surface area contributed by atoms with Crippen LogP contribution in [-0.4, -0.2) is 18.0 Å². The van der Waals surface area contributed by atoms with Crippen LogP contribution in [0, 0.1) is 0 Å². The highest BCUT2D eigenvalue weighted by Gasteiger charge is 2.25. The summed E-state index contributed by atoms with van der Waals surface area (Å²) in [6, 6.07) is 14.5. The van der Waals surface area contributed by atoms with E-state index in [-0.39, 0.29) is 18.0 Å². The number of benzene rings is 2. The summed E-state index contributed by atoms with van der Waals surface area (Å²) in [4.78, 5) is 12.2. The van der Waals surface area contributed by atoms with Crippen LogP contribution in [0.1, 0.15) is 24.8 Å². The lowest BCUT2D eigenvalue weighted by atomic mass is 10.0. The summed E-state index contributed by atoms with van der Waals surface area (Å²) in [5.74, 6) is 0.0729. The summed E-state index contributed by atoms with van der Waals surface area (Å²) in [5.41, 5.74) is 7.07. The third-order valence-electron chi connectivity index (χ3n) is 4.15. The number of nitrogens with one attached hydrogen (secondary N) is 1. The van der Waals surface area contributed by atoms with Crippen molar-refractivity contribution in [1.29, 1.82) is 0 Å². The lowest BCUT2D eigenvalue weighted by Crippen LogP contribution is -2.44. The Labute approximate surface area is 119 Å². The predicted molar refractivity (Wildman–Crippen MR) is 81.4 cm³/mol. The van der Waals surface area contributed by atoms with Gasteiger partial charge in [0, 0.05) is 12.1 Å². The van der Waals surface area contributed by atoms with Crippen molar-refractivity contribution < 1.29 is 4.79 Å². The maximum Gasteiger partial charge on any atom is 0.224 e. The molecule has 1 amide bonds. The second kappa shape index (κ2) is 5.63. The minimum atomic E-state index is 0.0729. The van der Waals surface area contributed by atoms with E-state index in [0.29, 0.717) is 6.42 Å². The van der Waals surface area contributed by atoms with Crippen LogP contribution in [-0.2, 0) is 11.2 Å². The molecule has 0 aromatic heterocycles. The highest BCUT2D eigenvalue weighted by atomic mass is 16.1. The Morgan fingerprint density at radius 2 is 1.95 bits per heavy atom. The number of amides is 1. The third-order valence-corrected chi connectivity index (χ3v) is 4.15. The van der Waals surface area contributed by atoms with Gasteiger partial charge in [0.1, 0.15) is 0 Å². The molecule has 1 aliphatic rings. The molecule has 3 heteroatoms. The fourth-order valence-electron chi connectivity index (χ4n) is 3.05. The summed E-state index contributed by atoms with van der Waals surface area (Å²) in [5, 5.41) is 5.41. The summed E-state index contributed by atoms with van der Waals surface area (Å²) >= 11 is 0. The van der Waals surface area contributed by atoms with Gasteiger partial charge in [0.2, 0.25) is 5.91 Å². The van der Waals surface area contributed by atoms with Crippen LogP contribution in [0.5, 0.6) is 0 Å². The SMILES string of the molecule is NC1CCCC1NC(=O)Cc1cccc2ccccc12. The fraction of sp³-hybridized carbons (Fsp3) is 0.353. The smallest absolute Gasteiger partial charge is 0.224 e. The molecule has 0 aliphatic heterocycles. The minimum absolute atomic E-state index is 0.0729. The van der Waals surface area contributed by atoms with Crippen LogP contribution in [0.25, 0.3) is 10.8 Å². The van der Waals surface area contributed by atoms with Gasteiger partial charge in [-0.1, -0.05) is 42.5 Å². The molecule has 2 aromatic rings.